The lowest BCUT2D eigenvalue weighted by Gasteiger charge is -2.21. The van der Waals surface area contributed by atoms with Crippen molar-refractivity contribution in [1.82, 2.24) is 0 Å². The molecule has 0 amide bonds. The maximum absolute atomic E-state index is 5.59. The van der Waals surface area contributed by atoms with E-state index in [0.717, 1.165) is 35.5 Å². The fourth-order valence-electron chi connectivity index (χ4n) is 2.98. The van der Waals surface area contributed by atoms with Crippen LogP contribution in [0.4, 0.5) is 0 Å². The highest BCUT2D eigenvalue weighted by molar-refractivity contribution is 5.50. The van der Waals surface area contributed by atoms with Crippen molar-refractivity contribution >= 4 is 0 Å². The number of ether oxygens (including phenoxy) is 4. The van der Waals surface area contributed by atoms with E-state index < -0.39 is 6.29 Å². The van der Waals surface area contributed by atoms with Crippen molar-refractivity contribution in [3.8, 4) is 11.5 Å². The second-order valence-electron chi connectivity index (χ2n) is 5.49. The largest absolute Gasteiger partial charge is 0.496 e. The summed E-state index contributed by atoms with van der Waals surface area (Å²) in [5.74, 6) is 1.64. The summed E-state index contributed by atoms with van der Waals surface area (Å²) >= 11 is 0. The standard InChI is InChI=1S/C18H26O4/c1-19-16-11-14(18(21-3)22-4)12-17(20-2)15(16)10-13-8-6-5-7-9-13/h8,11-12,18H,5-7,9-10H2,1-4H3. The van der Waals surface area contributed by atoms with Crippen LogP contribution in [-0.4, -0.2) is 28.4 Å². The Morgan fingerprint density at radius 3 is 2.05 bits per heavy atom. The van der Waals surface area contributed by atoms with Gasteiger partial charge in [-0.25, -0.2) is 0 Å². The van der Waals surface area contributed by atoms with E-state index in [1.807, 2.05) is 12.1 Å². The van der Waals surface area contributed by atoms with E-state index in [4.69, 9.17) is 18.9 Å². The van der Waals surface area contributed by atoms with E-state index in [0.29, 0.717) is 0 Å². The van der Waals surface area contributed by atoms with Gasteiger partial charge in [-0.3, -0.25) is 0 Å². The summed E-state index contributed by atoms with van der Waals surface area (Å²) < 4.78 is 21.8. The van der Waals surface area contributed by atoms with Crippen molar-refractivity contribution in [3.63, 3.8) is 0 Å². The zero-order valence-electron chi connectivity index (χ0n) is 14.0. The Morgan fingerprint density at radius 1 is 0.955 bits per heavy atom. The van der Waals surface area contributed by atoms with Gasteiger partial charge in [0.2, 0.25) is 0 Å². The summed E-state index contributed by atoms with van der Waals surface area (Å²) in [6.07, 6.45) is 7.69. The summed E-state index contributed by atoms with van der Waals surface area (Å²) in [5, 5.41) is 0. The summed E-state index contributed by atoms with van der Waals surface area (Å²) in [7, 11) is 6.61. The van der Waals surface area contributed by atoms with Crippen LogP contribution in [0, 0.1) is 0 Å². The molecule has 22 heavy (non-hydrogen) atoms. The van der Waals surface area contributed by atoms with Gasteiger partial charge >= 0.3 is 0 Å². The Balaban J connectivity index is 2.37. The summed E-state index contributed by atoms with van der Waals surface area (Å²) in [4.78, 5) is 0. The molecule has 4 heteroatoms. The molecule has 0 atom stereocenters. The van der Waals surface area contributed by atoms with Gasteiger partial charge < -0.3 is 18.9 Å². The molecule has 1 aromatic carbocycles. The first-order chi connectivity index (χ1) is 10.7. The third-order valence-corrected chi connectivity index (χ3v) is 4.12. The zero-order valence-corrected chi connectivity index (χ0v) is 14.0. The fourth-order valence-corrected chi connectivity index (χ4v) is 2.98. The lowest BCUT2D eigenvalue weighted by atomic mass is 9.93. The monoisotopic (exact) mass is 306 g/mol. The van der Waals surface area contributed by atoms with Gasteiger partial charge in [0.25, 0.3) is 0 Å². The quantitative estimate of drug-likeness (QED) is 0.563. The van der Waals surface area contributed by atoms with Crippen LogP contribution < -0.4 is 9.47 Å². The first-order valence-electron chi connectivity index (χ1n) is 7.71. The SMILES string of the molecule is COc1cc(C(OC)OC)cc(OC)c1CC1=CCCCC1. The van der Waals surface area contributed by atoms with Crippen molar-refractivity contribution in [2.24, 2.45) is 0 Å². The number of rotatable bonds is 7. The molecular weight excluding hydrogens is 280 g/mol. The van der Waals surface area contributed by atoms with Gasteiger partial charge in [-0.15, -0.1) is 0 Å². The first-order valence-corrected chi connectivity index (χ1v) is 7.71. The number of benzene rings is 1. The van der Waals surface area contributed by atoms with Gasteiger partial charge in [0, 0.05) is 31.8 Å². The number of hydrogen-bond donors (Lipinski definition) is 0. The van der Waals surface area contributed by atoms with E-state index in [-0.39, 0.29) is 0 Å². The molecular formula is C18H26O4. The summed E-state index contributed by atoms with van der Waals surface area (Å²) in [6.45, 7) is 0. The highest BCUT2D eigenvalue weighted by Gasteiger charge is 2.19. The van der Waals surface area contributed by atoms with E-state index in [1.165, 1.54) is 24.8 Å². The van der Waals surface area contributed by atoms with Gasteiger partial charge in [0.15, 0.2) is 6.29 Å². The maximum Gasteiger partial charge on any atom is 0.183 e. The Kier molecular flexibility index (Phi) is 6.28. The molecule has 0 saturated carbocycles. The van der Waals surface area contributed by atoms with Gasteiger partial charge in [-0.05, 0) is 37.8 Å². The Labute approximate surface area is 133 Å². The minimum atomic E-state index is -0.425. The first kappa shape index (κ1) is 16.8. The molecule has 0 aromatic heterocycles. The van der Waals surface area contributed by atoms with Crippen LogP contribution in [0.5, 0.6) is 11.5 Å². The molecule has 0 radical (unpaired) electrons. The van der Waals surface area contributed by atoms with Gasteiger partial charge in [-0.1, -0.05) is 11.6 Å². The molecule has 2 rings (SSSR count). The van der Waals surface area contributed by atoms with Crippen LogP contribution in [0.15, 0.2) is 23.8 Å². The van der Waals surface area contributed by atoms with Gasteiger partial charge in [0.1, 0.15) is 11.5 Å². The Hall–Kier alpha value is -1.52. The predicted octanol–water partition coefficient (Wildman–Crippen LogP) is 4.04. The van der Waals surface area contributed by atoms with Crippen molar-refractivity contribution < 1.29 is 18.9 Å². The molecule has 0 aliphatic heterocycles. The molecule has 1 aliphatic carbocycles. The highest BCUT2D eigenvalue weighted by Crippen LogP contribution is 2.36. The maximum atomic E-state index is 5.59. The van der Waals surface area contributed by atoms with Crippen LogP contribution in [-0.2, 0) is 15.9 Å². The summed E-state index contributed by atoms with van der Waals surface area (Å²) in [6, 6.07) is 3.94. The van der Waals surface area contributed by atoms with Crippen molar-refractivity contribution in [2.45, 2.75) is 38.4 Å². The number of allylic oxidation sites excluding steroid dienone is 2. The lowest BCUT2D eigenvalue weighted by molar-refractivity contribution is -0.106. The molecule has 0 saturated heterocycles. The van der Waals surface area contributed by atoms with Crippen LogP contribution in [0.3, 0.4) is 0 Å². The molecule has 0 heterocycles. The zero-order chi connectivity index (χ0) is 15.9. The number of methoxy groups -OCH3 is 4. The van der Waals surface area contributed by atoms with Crippen LogP contribution >= 0.6 is 0 Å². The third-order valence-electron chi connectivity index (χ3n) is 4.12. The van der Waals surface area contributed by atoms with E-state index in [2.05, 4.69) is 6.08 Å². The van der Waals surface area contributed by atoms with E-state index in [1.54, 1.807) is 28.4 Å². The average Bonchev–Trinajstić information content (AvgIpc) is 2.57. The third kappa shape index (κ3) is 3.81. The molecule has 0 unspecified atom stereocenters. The summed E-state index contributed by atoms with van der Waals surface area (Å²) in [5.41, 5.74) is 3.44. The fraction of sp³-hybridized carbons (Fsp3) is 0.556. The second kappa shape index (κ2) is 8.20. The predicted molar refractivity (Wildman–Crippen MR) is 86.6 cm³/mol. The van der Waals surface area contributed by atoms with Crippen molar-refractivity contribution in [1.29, 1.82) is 0 Å². The normalized spacial score (nSPS) is 14.9. The molecule has 1 aromatic rings. The Morgan fingerprint density at radius 2 is 1.59 bits per heavy atom. The van der Waals surface area contributed by atoms with Crippen LogP contribution in [0.1, 0.15) is 43.1 Å². The molecule has 0 spiro atoms. The molecule has 0 N–H and O–H groups in total. The molecule has 122 valence electrons. The van der Waals surface area contributed by atoms with Gasteiger partial charge in [-0.2, -0.15) is 0 Å². The number of hydrogen-bond acceptors (Lipinski definition) is 4. The van der Waals surface area contributed by atoms with Crippen molar-refractivity contribution in [2.75, 3.05) is 28.4 Å². The van der Waals surface area contributed by atoms with E-state index >= 15 is 0 Å². The Bertz CT molecular complexity index is 493. The second-order valence-corrected chi connectivity index (χ2v) is 5.49. The smallest absolute Gasteiger partial charge is 0.183 e. The van der Waals surface area contributed by atoms with Crippen LogP contribution in [0.25, 0.3) is 0 Å². The lowest BCUT2D eigenvalue weighted by Crippen LogP contribution is -2.07. The highest BCUT2D eigenvalue weighted by atomic mass is 16.7. The molecule has 4 nitrogen and oxygen atoms in total. The minimum absolute atomic E-state index is 0.425. The van der Waals surface area contributed by atoms with Crippen LogP contribution in [0.2, 0.25) is 0 Å². The minimum Gasteiger partial charge on any atom is -0.496 e. The topological polar surface area (TPSA) is 36.9 Å². The molecule has 0 fully saturated rings. The average molecular weight is 306 g/mol. The molecule has 1 aliphatic rings. The molecule has 0 bridgehead atoms. The van der Waals surface area contributed by atoms with Gasteiger partial charge in [0.05, 0.1) is 14.2 Å². The van der Waals surface area contributed by atoms with Crippen molar-refractivity contribution in [3.05, 3.63) is 34.9 Å². The van der Waals surface area contributed by atoms with E-state index in [9.17, 15) is 0 Å².